The van der Waals surface area contributed by atoms with E-state index in [0.717, 1.165) is 43.5 Å². The molecule has 2 N–H and O–H groups in total. The number of nitrogens with zero attached hydrogens (tertiary/aromatic N) is 2. The van der Waals surface area contributed by atoms with E-state index in [0.29, 0.717) is 17.3 Å². The molecule has 150 valence electrons. The van der Waals surface area contributed by atoms with Crippen molar-refractivity contribution in [3.05, 3.63) is 47.7 Å². The lowest BCUT2D eigenvalue weighted by atomic mass is 9.99. The van der Waals surface area contributed by atoms with E-state index in [1.165, 1.54) is 6.07 Å². The van der Waals surface area contributed by atoms with Gasteiger partial charge in [-0.3, -0.25) is 0 Å². The largest absolute Gasteiger partial charge is 0.486 e. The highest BCUT2D eigenvalue weighted by Crippen LogP contribution is 2.41. The molecule has 0 saturated carbocycles. The zero-order valence-corrected chi connectivity index (χ0v) is 15.4. The zero-order chi connectivity index (χ0) is 19.9. The predicted molar refractivity (Wildman–Crippen MR) is 98.2 cm³/mol. The van der Waals surface area contributed by atoms with Crippen LogP contribution < -0.4 is 20.4 Å². The number of rotatable bonds is 4. The third-order valence-corrected chi connectivity index (χ3v) is 5.55. The molecule has 2 fully saturated rings. The molecule has 2 saturated heterocycles. The minimum atomic E-state index is -4.37. The van der Waals surface area contributed by atoms with Crippen LogP contribution in [0.1, 0.15) is 36.8 Å². The number of halogens is 3. The molecular formula is C20H22F3N3O2. The molecule has 0 aliphatic carbocycles. The predicted octanol–water partition coefficient (Wildman–Crippen LogP) is 4.24. The molecule has 4 rings (SSSR count). The molecule has 1 unspecified atom stereocenters. The molecule has 1 aromatic carbocycles. The second-order valence-electron chi connectivity index (χ2n) is 7.47. The van der Waals surface area contributed by atoms with Gasteiger partial charge in [0.25, 0.3) is 0 Å². The van der Waals surface area contributed by atoms with Gasteiger partial charge < -0.3 is 14.5 Å². The summed E-state index contributed by atoms with van der Waals surface area (Å²) >= 11 is 0. The van der Waals surface area contributed by atoms with Crippen molar-refractivity contribution >= 4 is 5.82 Å². The van der Waals surface area contributed by atoms with E-state index in [1.54, 1.807) is 0 Å². The van der Waals surface area contributed by atoms with Gasteiger partial charge >= 0.3 is 6.18 Å². The average Bonchev–Trinajstić information content (AvgIpc) is 2.93. The number of aromatic nitrogens is 1. The highest BCUT2D eigenvalue weighted by molar-refractivity contribution is 5.46. The van der Waals surface area contributed by atoms with Crippen LogP contribution >= 0.6 is 0 Å². The van der Waals surface area contributed by atoms with Gasteiger partial charge in [0, 0.05) is 31.1 Å². The third-order valence-electron chi connectivity index (χ3n) is 5.55. The van der Waals surface area contributed by atoms with Crippen molar-refractivity contribution in [2.75, 3.05) is 4.90 Å². The summed E-state index contributed by atoms with van der Waals surface area (Å²) in [5.41, 5.74) is 0.298. The van der Waals surface area contributed by atoms with Crippen molar-refractivity contribution < 1.29 is 22.7 Å². The molecule has 2 bridgehead atoms. The molecule has 0 radical (unpaired) electrons. The van der Waals surface area contributed by atoms with Crippen molar-refractivity contribution in [1.82, 2.24) is 4.98 Å². The molecule has 5 nitrogen and oxygen atoms in total. The van der Waals surface area contributed by atoms with Crippen molar-refractivity contribution in [3.8, 4) is 11.5 Å². The van der Waals surface area contributed by atoms with Crippen LogP contribution in [0, 0.1) is 6.92 Å². The third kappa shape index (κ3) is 3.61. The Balaban J connectivity index is 1.48. The quantitative estimate of drug-likeness (QED) is 0.788. The van der Waals surface area contributed by atoms with Crippen LogP contribution in [0.25, 0.3) is 0 Å². The number of hydrogen-bond acceptors (Lipinski definition) is 5. The van der Waals surface area contributed by atoms with E-state index in [9.17, 15) is 13.2 Å². The van der Waals surface area contributed by atoms with Crippen LogP contribution in [-0.4, -0.2) is 23.2 Å². The molecule has 8 heteroatoms. The number of piperidine rings is 1. The van der Waals surface area contributed by atoms with E-state index in [4.69, 9.17) is 15.5 Å². The second kappa shape index (κ2) is 7.16. The van der Waals surface area contributed by atoms with Crippen molar-refractivity contribution in [2.45, 2.75) is 57.0 Å². The first-order chi connectivity index (χ1) is 13.3. The van der Waals surface area contributed by atoms with Gasteiger partial charge in [-0.25, -0.2) is 4.98 Å². The Kier molecular flexibility index (Phi) is 4.82. The van der Waals surface area contributed by atoms with Gasteiger partial charge in [-0.05, 0) is 49.6 Å². The molecule has 1 aromatic heterocycles. The molecule has 28 heavy (non-hydrogen) atoms. The van der Waals surface area contributed by atoms with Gasteiger partial charge in [0.1, 0.15) is 11.9 Å². The van der Waals surface area contributed by atoms with Crippen LogP contribution in [-0.2, 0) is 6.18 Å². The lowest BCUT2D eigenvalue weighted by Gasteiger charge is -2.39. The summed E-state index contributed by atoms with van der Waals surface area (Å²) in [5.74, 6) is 7.06. The van der Waals surface area contributed by atoms with E-state index in [-0.39, 0.29) is 18.2 Å². The molecule has 2 aromatic rings. The van der Waals surface area contributed by atoms with Gasteiger partial charge in [-0.2, -0.15) is 19.1 Å². The van der Waals surface area contributed by atoms with Gasteiger partial charge in [0.05, 0.1) is 5.56 Å². The van der Waals surface area contributed by atoms with Gasteiger partial charge in [-0.15, -0.1) is 0 Å². The SMILES string of the molecule is Cc1ccc(OC2C[C@H]3CC[C@@H](C2)N3c2ccc(C(F)(F)F)cn2)c(ON)c1. The normalized spacial score (nSPS) is 24.3. The fourth-order valence-electron chi connectivity index (χ4n) is 4.29. The van der Waals surface area contributed by atoms with Crippen LogP contribution in [0.15, 0.2) is 36.5 Å². The Labute approximate surface area is 161 Å². The summed E-state index contributed by atoms with van der Waals surface area (Å²) < 4.78 is 44.5. The van der Waals surface area contributed by atoms with E-state index < -0.39 is 11.7 Å². The van der Waals surface area contributed by atoms with Crippen LogP contribution in [0.3, 0.4) is 0 Å². The number of pyridine rings is 1. The fraction of sp³-hybridized carbons (Fsp3) is 0.450. The number of anilines is 1. The standard InChI is InChI=1S/C20H22F3N3O2/c1-12-2-6-17(18(8-12)28-24)27-16-9-14-4-5-15(10-16)26(14)19-7-3-13(11-25-19)20(21,22)23/h2-3,6-8,11,14-16H,4-5,9-10,24H2,1H3/t14-,15+,16?. The Hall–Kier alpha value is -2.48. The second-order valence-corrected chi connectivity index (χ2v) is 7.47. The van der Waals surface area contributed by atoms with Crippen molar-refractivity contribution in [1.29, 1.82) is 0 Å². The van der Waals surface area contributed by atoms with Crippen LogP contribution in [0.5, 0.6) is 11.5 Å². The molecular weight excluding hydrogens is 371 g/mol. The maximum Gasteiger partial charge on any atom is 0.417 e. The number of nitrogens with two attached hydrogens (primary N) is 1. The summed E-state index contributed by atoms with van der Waals surface area (Å²) in [4.78, 5) is 11.2. The lowest BCUT2D eigenvalue weighted by molar-refractivity contribution is -0.137. The Morgan fingerprint density at radius 2 is 1.79 bits per heavy atom. The monoisotopic (exact) mass is 393 g/mol. The highest BCUT2D eigenvalue weighted by atomic mass is 19.4. The number of hydrogen-bond donors (Lipinski definition) is 1. The van der Waals surface area contributed by atoms with Crippen molar-refractivity contribution in [2.24, 2.45) is 5.90 Å². The summed E-state index contributed by atoms with van der Waals surface area (Å²) in [6.45, 7) is 1.95. The van der Waals surface area contributed by atoms with Crippen LogP contribution in [0.2, 0.25) is 0 Å². The molecule has 0 amide bonds. The van der Waals surface area contributed by atoms with Gasteiger partial charge in [0.15, 0.2) is 11.5 Å². The highest BCUT2D eigenvalue weighted by Gasteiger charge is 2.42. The zero-order valence-electron chi connectivity index (χ0n) is 15.4. The van der Waals surface area contributed by atoms with Crippen LogP contribution in [0.4, 0.5) is 19.0 Å². The first kappa shape index (κ1) is 18.9. The lowest BCUT2D eigenvalue weighted by Crippen LogP contribution is -2.46. The smallest absolute Gasteiger partial charge is 0.417 e. The van der Waals surface area contributed by atoms with E-state index >= 15 is 0 Å². The minimum Gasteiger partial charge on any atom is -0.486 e. The van der Waals surface area contributed by atoms with Gasteiger partial charge in [-0.1, -0.05) is 6.07 Å². The van der Waals surface area contributed by atoms with E-state index in [1.807, 2.05) is 25.1 Å². The first-order valence-corrected chi connectivity index (χ1v) is 9.31. The summed E-state index contributed by atoms with van der Waals surface area (Å²) in [7, 11) is 0. The Bertz CT molecular complexity index is 828. The number of fused-ring (bicyclic) bond motifs is 2. The van der Waals surface area contributed by atoms with Crippen molar-refractivity contribution in [3.63, 3.8) is 0 Å². The minimum absolute atomic E-state index is 0.000181. The maximum atomic E-state index is 12.8. The first-order valence-electron chi connectivity index (χ1n) is 9.31. The number of ether oxygens (including phenoxy) is 1. The molecule has 2 aliphatic heterocycles. The Morgan fingerprint density at radius 1 is 1.07 bits per heavy atom. The molecule has 3 atom stereocenters. The average molecular weight is 393 g/mol. The Morgan fingerprint density at radius 3 is 2.36 bits per heavy atom. The summed E-state index contributed by atoms with van der Waals surface area (Å²) in [6, 6.07) is 8.57. The number of aryl methyl sites for hydroxylation is 1. The molecule has 0 spiro atoms. The topological polar surface area (TPSA) is 60.6 Å². The number of alkyl halides is 3. The maximum absolute atomic E-state index is 12.8. The van der Waals surface area contributed by atoms with Gasteiger partial charge in [0.2, 0.25) is 0 Å². The fourth-order valence-corrected chi connectivity index (χ4v) is 4.29. The summed E-state index contributed by atoms with van der Waals surface area (Å²) in [6.07, 6.45) is 0.0351. The number of benzene rings is 1. The van der Waals surface area contributed by atoms with E-state index in [2.05, 4.69) is 9.88 Å². The molecule has 2 aliphatic rings. The summed E-state index contributed by atoms with van der Waals surface area (Å²) in [5, 5.41) is 0. The molecule has 3 heterocycles.